The van der Waals surface area contributed by atoms with Crippen LogP contribution >= 0.6 is 11.3 Å². The Morgan fingerprint density at radius 1 is 1.13 bits per heavy atom. The summed E-state index contributed by atoms with van der Waals surface area (Å²) in [6.45, 7) is 10.7. The van der Waals surface area contributed by atoms with Crippen LogP contribution in [0.1, 0.15) is 47.0 Å². The summed E-state index contributed by atoms with van der Waals surface area (Å²) >= 11 is 1.43. The minimum Gasteiger partial charge on any atom is -0.462 e. The van der Waals surface area contributed by atoms with Gasteiger partial charge in [-0.25, -0.2) is 14.8 Å². The molecule has 3 rings (SSSR count). The van der Waals surface area contributed by atoms with Crippen molar-refractivity contribution in [2.45, 2.75) is 40.0 Å². The molecule has 2 aromatic heterocycles. The minimum absolute atomic E-state index is 0.0576. The molecule has 2 aromatic rings. The lowest BCUT2D eigenvalue weighted by Crippen LogP contribution is -2.47. The van der Waals surface area contributed by atoms with Crippen molar-refractivity contribution >= 4 is 34.2 Å². The molecule has 168 valence electrons. The van der Waals surface area contributed by atoms with E-state index in [4.69, 9.17) is 4.74 Å². The van der Waals surface area contributed by atoms with E-state index in [9.17, 15) is 9.59 Å². The highest BCUT2D eigenvalue weighted by molar-refractivity contribution is 7.16. The fourth-order valence-corrected chi connectivity index (χ4v) is 4.66. The summed E-state index contributed by atoms with van der Waals surface area (Å²) in [4.78, 5) is 38.9. The second-order valence-corrected chi connectivity index (χ2v) is 8.82. The Kier molecular flexibility index (Phi) is 8.36. The van der Waals surface area contributed by atoms with Gasteiger partial charge >= 0.3 is 5.97 Å². The van der Waals surface area contributed by atoms with E-state index >= 15 is 0 Å². The van der Waals surface area contributed by atoms with Crippen LogP contribution in [0.15, 0.2) is 18.5 Å². The minimum atomic E-state index is -0.375. The van der Waals surface area contributed by atoms with E-state index in [1.54, 1.807) is 19.3 Å². The molecule has 0 radical (unpaired) electrons. The van der Waals surface area contributed by atoms with E-state index in [-0.39, 0.29) is 11.9 Å². The summed E-state index contributed by atoms with van der Waals surface area (Å²) in [7, 11) is 0. The zero-order valence-electron chi connectivity index (χ0n) is 18.5. The van der Waals surface area contributed by atoms with Crippen molar-refractivity contribution in [2.75, 3.05) is 49.5 Å². The van der Waals surface area contributed by atoms with E-state index < -0.39 is 0 Å². The molecule has 0 bridgehead atoms. The monoisotopic (exact) mass is 445 g/mol. The zero-order chi connectivity index (χ0) is 22.2. The highest BCUT2D eigenvalue weighted by Crippen LogP contribution is 2.33. The molecule has 1 saturated heterocycles. The first-order valence-electron chi connectivity index (χ1n) is 10.8. The average Bonchev–Trinajstić information content (AvgIpc) is 3.05. The van der Waals surface area contributed by atoms with Crippen LogP contribution in [-0.2, 0) is 9.53 Å². The number of piperazine rings is 1. The van der Waals surface area contributed by atoms with Gasteiger partial charge in [-0.05, 0) is 51.8 Å². The van der Waals surface area contributed by atoms with Crippen molar-refractivity contribution in [2.24, 2.45) is 0 Å². The molecule has 1 N–H and O–H groups in total. The van der Waals surface area contributed by atoms with Crippen LogP contribution in [0, 0.1) is 13.8 Å². The lowest BCUT2D eigenvalue weighted by molar-refractivity contribution is -0.116. The summed E-state index contributed by atoms with van der Waals surface area (Å²) in [6, 6.07) is 1.83. The highest BCUT2D eigenvalue weighted by atomic mass is 32.1. The third-order valence-corrected chi connectivity index (χ3v) is 6.58. The third kappa shape index (κ3) is 6.24. The van der Waals surface area contributed by atoms with Gasteiger partial charge in [-0.3, -0.25) is 9.69 Å². The van der Waals surface area contributed by atoms with Crippen molar-refractivity contribution in [1.29, 1.82) is 0 Å². The Hall–Kier alpha value is -2.52. The molecule has 1 aliphatic rings. The number of hydrogen-bond donors (Lipinski definition) is 1. The second kappa shape index (κ2) is 11.2. The molecule has 0 aromatic carbocycles. The average molecular weight is 446 g/mol. The molecule has 3 heterocycles. The van der Waals surface area contributed by atoms with E-state index in [1.165, 1.54) is 11.3 Å². The van der Waals surface area contributed by atoms with E-state index in [0.717, 1.165) is 62.0 Å². The summed E-state index contributed by atoms with van der Waals surface area (Å²) in [5.74, 6) is 0.359. The Morgan fingerprint density at radius 2 is 1.84 bits per heavy atom. The summed E-state index contributed by atoms with van der Waals surface area (Å²) in [6.07, 6.45) is 5.76. The summed E-state index contributed by atoms with van der Waals surface area (Å²) in [5, 5.41) is 3.51. The van der Waals surface area contributed by atoms with Gasteiger partial charge in [-0.15, -0.1) is 11.3 Å². The predicted octanol–water partition coefficient (Wildman–Crippen LogP) is 3.26. The first-order valence-corrected chi connectivity index (χ1v) is 11.6. The Morgan fingerprint density at radius 3 is 2.52 bits per heavy atom. The van der Waals surface area contributed by atoms with Gasteiger partial charge in [-0.2, -0.15) is 0 Å². The number of carbonyl (C=O) groups excluding carboxylic acids is 2. The van der Waals surface area contributed by atoms with E-state index in [1.807, 2.05) is 19.9 Å². The van der Waals surface area contributed by atoms with Gasteiger partial charge in [-0.1, -0.05) is 0 Å². The van der Waals surface area contributed by atoms with E-state index in [0.29, 0.717) is 23.6 Å². The number of carbonyl (C=O) groups is 2. The molecule has 9 heteroatoms. The second-order valence-electron chi connectivity index (χ2n) is 7.59. The Balaban J connectivity index is 1.39. The van der Waals surface area contributed by atoms with Crippen molar-refractivity contribution in [1.82, 2.24) is 14.9 Å². The fourth-order valence-electron chi connectivity index (χ4n) is 3.60. The van der Waals surface area contributed by atoms with Gasteiger partial charge in [0.25, 0.3) is 0 Å². The van der Waals surface area contributed by atoms with Gasteiger partial charge in [0.1, 0.15) is 5.00 Å². The number of hydrogen-bond acceptors (Lipinski definition) is 8. The SMILES string of the molecule is CCOC(=O)c1c(NC(=O)CCCCN2CCN(c3ncccn3)CC2)sc(C)c1C. The van der Waals surface area contributed by atoms with Crippen LogP contribution < -0.4 is 10.2 Å². The number of rotatable bonds is 9. The topological polar surface area (TPSA) is 87.7 Å². The molecule has 0 unspecified atom stereocenters. The molecule has 0 aliphatic carbocycles. The number of unbranched alkanes of at least 4 members (excludes halogenated alkanes) is 1. The van der Waals surface area contributed by atoms with Crippen LogP contribution in [0.25, 0.3) is 0 Å². The lowest BCUT2D eigenvalue weighted by Gasteiger charge is -2.34. The molecule has 1 fully saturated rings. The number of nitrogens with one attached hydrogen (secondary N) is 1. The molecular formula is C22H31N5O3S. The molecular weight excluding hydrogens is 414 g/mol. The maximum atomic E-state index is 12.4. The van der Waals surface area contributed by atoms with Gasteiger partial charge in [0.2, 0.25) is 11.9 Å². The zero-order valence-corrected chi connectivity index (χ0v) is 19.3. The van der Waals surface area contributed by atoms with Gasteiger partial charge in [0.15, 0.2) is 0 Å². The number of thiophene rings is 1. The standard InChI is InChI=1S/C22H31N5O3S/c1-4-30-21(29)19-16(2)17(3)31-20(19)25-18(28)8-5-6-11-26-12-14-27(15-13-26)22-23-9-7-10-24-22/h7,9-10H,4-6,8,11-15H2,1-3H3,(H,25,28). The smallest absolute Gasteiger partial charge is 0.341 e. The highest BCUT2D eigenvalue weighted by Gasteiger charge is 2.22. The van der Waals surface area contributed by atoms with Crippen molar-refractivity contribution in [3.8, 4) is 0 Å². The first-order chi connectivity index (χ1) is 15.0. The van der Waals surface area contributed by atoms with Crippen molar-refractivity contribution < 1.29 is 14.3 Å². The summed E-state index contributed by atoms with van der Waals surface area (Å²) < 4.78 is 5.15. The van der Waals surface area contributed by atoms with Crippen LogP contribution in [0.4, 0.5) is 10.9 Å². The normalized spacial score (nSPS) is 14.5. The van der Waals surface area contributed by atoms with Gasteiger partial charge < -0.3 is 15.0 Å². The quantitative estimate of drug-likeness (QED) is 0.468. The van der Waals surface area contributed by atoms with Crippen LogP contribution in [0.3, 0.4) is 0 Å². The number of amides is 1. The lowest BCUT2D eigenvalue weighted by atomic mass is 10.1. The molecule has 0 spiro atoms. The molecule has 0 atom stereocenters. The van der Waals surface area contributed by atoms with Crippen molar-refractivity contribution in [3.05, 3.63) is 34.5 Å². The Bertz CT molecular complexity index is 879. The predicted molar refractivity (Wildman–Crippen MR) is 123 cm³/mol. The number of esters is 1. The molecule has 1 aliphatic heterocycles. The molecule has 8 nitrogen and oxygen atoms in total. The van der Waals surface area contributed by atoms with Gasteiger partial charge in [0, 0.05) is 49.9 Å². The van der Waals surface area contributed by atoms with Gasteiger partial charge in [0.05, 0.1) is 12.2 Å². The van der Waals surface area contributed by atoms with Crippen LogP contribution in [0.5, 0.6) is 0 Å². The first kappa shape index (κ1) is 23.1. The molecule has 1 amide bonds. The molecule has 0 saturated carbocycles. The third-order valence-electron chi connectivity index (χ3n) is 5.45. The number of ether oxygens (including phenoxy) is 1. The molecule has 31 heavy (non-hydrogen) atoms. The number of aryl methyl sites for hydroxylation is 1. The number of anilines is 2. The van der Waals surface area contributed by atoms with Crippen LogP contribution in [-0.4, -0.2) is 66.1 Å². The van der Waals surface area contributed by atoms with Crippen molar-refractivity contribution in [3.63, 3.8) is 0 Å². The van der Waals surface area contributed by atoms with Crippen LogP contribution in [0.2, 0.25) is 0 Å². The number of nitrogens with zero attached hydrogens (tertiary/aromatic N) is 4. The largest absolute Gasteiger partial charge is 0.462 e. The van der Waals surface area contributed by atoms with E-state index in [2.05, 4.69) is 25.1 Å². The fraction of sp³-hybridized carbons (Fsp3) is 0.545. The Labute approximate surface area is 187 Å². The maximum Gasteiger partial charge on any atom is 0.341 e. The maximum absolute atomic E-state index is 12.4. The number of aromatic nitrogens is 2. The summed E-state index contributed by atoms with van der Waals surface area (Å²) in [5.41, 5.74) is 1.36.